The number of nitrogens with two attached hydrogens (primary N) is 1. The fraction of sp³-hybridized carbons (Fsp3) is 0. The lowest BCUT2D eigenvalue weighted by Gasteiger charge is -1.88. The highest BCUT2D eigenvalue weighted by Gasteiger charge is 2.06. The fourth-order valence-corrected chi connectivity index (χ4v) is 0.950. The van der Waals surface area contributed by atoms with Crippen LogP contribution < -0.4 is 11.3 Å². The summed E-state index contributed by atoms with van der Waals surface area (Å²) < 4.78 is 1.02. The van der Waals surface area contributed by atoms with E-state index >= 15 is 0 Å². The Kier molecular flexibility index (Phi) is 1.30. The molecule has 7 heteroatoms. The topological polar surface area (TPSA) is 113 Å². The van der Waals surface area contributed by atoms with Gasteiger partial charge in [0.25, 0.3) is 11.3 Å². The molecule has 2 rings (SSSR count). The van der Waals surface area contributed by atoms with Crippen molar-refractivity contribution in [3.05, 3.63) is 22.1 Å². The lowest BCUT2D eigenvalue weighted by molar-refractivity contribution is 0.897. The molecule has 2 aromatic heterocycles. The monoisotopic (exact) mass is 176 g/mol. The Morgan fingerprint density at radius 2 is 2.46 bits per heavy atom. The molecular formula is C6H4N6O. The van der Waals surface area contributed by atoms with Gasteiger partial charge in [-0.25, -0.2) is 4.98 Å². The van der Waals surface area contributed by atoms with E-state index in [2.05, 4.69) is 15.1 Å². The maximum atomic E-state index is 11.3. The molecule has 2 aromatic rings. The summed E-state index contributed by atoms with van der Waals surface area (Å²) in [5.41, 5.74) is 4.74. The molecule has 0 saturated carbocycles. The minimum atomic E-state index is -0.503. The number of fused-ring (bicyclic) bond motifs is 1. The zero-order chi connectivity index (χ0) is 9.42. The quantitative estimate of drug-likeness (QED) is 0.527. The van der Waals surface area contributed by atoms with Crippen molar-refractivity contribution in [2.24, 2.45) is 0 Å². The summed E-state index contributed by atoms with van der Waals surface area (Å²) in [6.45, 7) is 0. The van der Waals surface area contributed by atoms with Gasteiger partial charge in [-0.2, -0.15) is 14.8 Å². The number of hydrogen-bond donors (Lipinski definition) is 2. The second-order valence-corrected chi connectivity index (χ2v) is 2.33. The molecule has 0 fully saturated rings. The van der Waals surface area contributed by atoms with Gasteiger partial charge in [-0.1, -0.05) is 0 Å². The van der Waals surface area contributed by atoms with Crippen LogP contribution in [0, 0.1) is 11.3 Å². The third-order valence-electron chi connectivity index (χ3n) is 1.51. The molecular weight excluding hydrogens is 172 g/mol. The highest BCUT2D eigenvalue weighted by Crippen LogP contribution is 1.95. The van der Waals surface area contributed by atoms with Gasteiger partial charge in [0.2, 0.25) is 5.95 Å². The van der Waals surface area contributed by atoms with E-state index < -0.39 is 5.56 Å². The SMILES string of the molecule is N#Cc1cnc2nc(N)[nH]n2c1=O. The summed E-state index contributed by atoms with van der Waals surface area (Å²) in [6, 6.07) is 1.71. The molecule has 0 aliphatic heterocycles. The first-order valence-electron chi connectivity index (χ1n) is 3.35. The van der Waals surface area contributed by atoms with Crippen molar-refractivity contribution in [1.29, 1.82) is 5.26 Å². The summed E-state index contributed by atoms with van der Waals surface area (Å²) >= 11 is 0. The van der Waals surface area contributed by atoms with Gasteiger partial charge in [-0.05, 0) is 0 Å². The van der Waals surface area contributed by atoms with Crippen molar-refractivity contribution in [2.45, 2.75) is 0 Å². The predicted octanol–water partition coefficient (Wildman–Crippen LogP) is -1.13. The maximum absolute atomic E-state index is 11.3. The van der Waals surface area contributed by atoms with Gasteiger partial charge in [0, 0.05) is 0 Å². The van der Waals surface area contributed by atoms with Crippen LogP contribution in [0.5, 0.6) is 0 Å². The Labute approximate surface area is 71.4 Å². The largest absolute Gasteiger partial charge is 0.368 e. The van der Waals surface area contributed by atoms with E-state index in [0.717, 1.165) is 10.7 Å². The third kappa shape index (κ3) is 0.927. The number of anilines is 1. The van der Waals surface area contributed by atoms with Crippen molar-refractivity contribution in [2.75, 3.05) is 5.73 Å². The number of nitrogens with one attached hydrogen (secondary N) is 1. The van der Waals surface area contributed by atoms with Gasteiger partial charge < -0.3 is 5.73 Å². The molecule has 0 aromatic carbocycles. The van der Waals surface area contributed by atoms with Crippen molar-refractivity contribution >= 4 is 11.7 Å². The lowest BCUT2D eigenvalue weighted by Crippen LogP contribution is -2.17. The van der Waals surface area contributed by atoms with Crippen LogP contribution in [0.25, 0.3) is 5.78 Å². The van der Waals surface area contributed by atoms with Gasteiger partial charge in [-0.15, -0.1) is 0 Å². The van der Waals surface area contributed by atoms with Gasteiger partial charge in [-0.3, -0.25) is 9.89 Å². The summed E-state index contributed by atoms with van der Waals surface area (Å²) in [6.07, 6.45) is 1.16. The van der Waals surface area contributed by atoms with Gasteiger partial charge in [0.1, 0.15) is 11.6 Å². The van der Waals surface area contributed by atoms with Crippen LogP contribution in [-0.2, 0) is 0 Å². The minimum Gasteiger partial charge on any atom is -0.368 e. The molecule has 0 atom stereocenters. The van der Waals surface area contributed by atoms with Crippen molar-refractivity contribution in [3.8, 4) is 6.07 Å². The number of hydrogen-bond acceptors (Lipinski definition) is 5. The van der Waals surface area contributed by atoms with Crippen LogP contribution in [0.1, 0.15) is 5.56 Å². The first-order chi connectivity index (χ1) is 6.22. The average molecular weight is 176 g/mol. The molecule has 0 saturated heterocycles. The van der Waals surface area contributed by atoms with Crippen molar-refractivity contribution in [1.82, 2.24) is 19.6 Å². The molecule has 13 heavy (non-hydrogen) atoms. The smallest absolute Gasteiger partial charge is 0.291 e. The standard InChI is InChI=1S/C6H4N6O/c7-1-3-2-9-6-10-5(8)11-12(6)4(3)13/h2H,(H3,8,9,10,11). The van der Waals surface area contributed by atoms with Crippen molar-refractivity contribution in [3.63, 3.8) is 0 Å². The van der Waals surface area contributed by atoms with E-state index in [1.807, 2.05) is 0 Å². The summed E-state index contributed by atoms with van der Waals surface area (Å²) in [5.74, 6) is 0.237. The second-order valence-electron chi connectivity index (χ2n) is 2.33. The van der Waals surface area contributed by atoms with Gasteiger partial charge in [0.15, 0.2) is 0 Å². The highest BCUT2D eigenvalue weighted by molar-refractivity contribution is 5.36. The summed E-state index contributed by atoms with van der Waals surface area (Å²) in [7, 11) is 0. The third-order valence-corrected chi connectivity index (χ3v) is 1.51. The zero-order valence-electron chi connectivity index (χ0n) is 6.35. The molecule has 64 valence electrons. The lowest BCUT2D eigenvalue weighted by atomic mass is 10.4. The predicted molar refractivity (Wildman–Crippen MR) is 42.7 cm³/mol. The molecule has 0 bridgehead atoms. The molecule has 3 N–H and O–H groups in total. The van der Waals surface area contributed by atoms with Crippen LogP contribution in [0.2, 0.25) is 0 Å². The Morgan fingerprint density at radius 1 is 1.69 bits per heavy atom. The Bertz CT molecular complexity index is 558. The van der Waals surface area contributed by atoms with Gasteiger partial charge in [0.05, 0.1) is 6.20 Å². The number of nitrogens with zero attached hydrogens (tertiary/aromatic N) is 4. The average Bonchev–Trinajstić information content (AvgIpc) is 2.47. The van der Waals surface area contributed by atoms with Crippen LogP contribution in [0.4, 0.5) is 5.95 Å². The fourth-order valence-electron chi connectivity index (χ4n) is 0.950. The molecule has 0 spiro atoms. The molecule has 0 amide bonds. The zero-order valence-corrected chi connectivity index (χ0v) is 6.35. The first-order valence-corrected chi connectivity index (χ1v) is 3.35. The Morgan fingerprint density at radius 3 is 3.15 bits per heavy atom. The number of aromatic amines is 1. The molecule has 7 nitrogen and oxygen atoms in total. The Hall–Kier alpha value is -2.36. The van der Waals surface area contributed by atoms with E-state index in [1.165, 1.54) is 0 Å². The summed E-state index contributed by atoms with van der Waals surface area (Å²) in [5, 5.41) is 11.0. The number of rotatable bonds is 0. The highest BCUT2D eigenvalue weighted by atomic mass is 16.1. The normalized spacial score (nSPS) is 10.1. The maximum Gasteiger partial charge on any atom is 0.291 e. The molecule has 0 aliphatic rings. The van der Waals surface area contributed by atoms with Crippen LogP contribution in [0.3, 0.4) is 0 Å². The Balaban J connectivity index is 2.96. The first kappa shape index (κ1) is 7.30. The van der Waals surface area contributed by atoms with Crippen LogP contribution in [-0.4, -0.2) is 19.6 Å². The van der Waals surface area contributed by atoms with E-state index in [4.69, 9.17) is 11.0 Å². The molecule has 2 heterocycles. The molecule has 0 aliphatic carbocycles. The van der Waals surface area contributed by atoms with E-state index in [0.29, 0.717) is 0 Å². The van der Waals surface area contributed by atoms with E-state index in [9.17, 15) is 4.79 Å². The number of nitrogen functional groups attached to an aromatic ring is 1. The van der Waals surface area contributed by atoms with E-state index in [-0.39, 0.29) is 17.3 Å². The van der Waals surface area contributed by atoms with Gasteiger partial charge >= 0.3 is 0 Å². The van der Waals surface area contributed by atoms with E-state index in [1.54, 1.807) is 6.07 Å². The van der Waals surface area contributed by atoms with Crippen LogP contribution >= 0.6 is 0 Å². The molecule has 0 radical (unpaired) electrons. The van der Waals surface area contributed by atoms with Crippen molar-refractivity contribution < 1.29 is 0 Å². The summed E-state index contributed by atoms with van der Waals surface area (Å²) in [4.78, 5) is 18.8. The second kappa shape index (κ2) is 2.31. The number of H-pyrrole nitrogens is 1. The number of nitriles is 1. The minimum absolute atomic E-state index is 0.0545. The number of aromatic nitrogens is 4. The van der Waals surface area contributed by atoms with Crippen LogP contribution in [0.15, 0.2) is 11.0 Å². The molecule has 0 unspecified atom stereocenters.